The smallest absolute Gasteiger partial charge is 0.162 e. The SMILES string of the molecule is COc1ccc2c(c1O)C(CC1CCCCC1)N(C)CC2. The second kappa shape index (κ2) is 6.27. The lowest BCUT2D eigenvalue weighted by Gasteiger charge is -2.38. The van der Waals surface area contributed by atoms with E-state index in [0.717, 1.165) is 24.4 Å². The second-order valence-corrected chi connectivity index (χ2v) is 6.68. The molecule has 1 aromatic rings. The highest BCUT2D eigenvalue weighted by atomic mass is 16.5. The summed E-state index contributed by atoms with van der Waals surface area (Å²) in [5.41, 5.74) is 2.42. The van der Waals surface area contributed by atoms with Crippen molar-refractivity contribution in [3.63, 3.8) is 0 Å². The van der Waals surface area contributed by atoms with Crippen LogP contribution in [-0.4, -0.2) is 30.7 Å². The van der Waals surface area contributed by atoms with Crippen molar-refractivity contribution in [2.75, 3.05) is 20.7 Å². The molecule has 0 saturated heterocycles. The molecule has 2 aliphatic rings. The average Bonchev–Trinajstić information content (AvgIpc) is 2.51. The molecule has 1 aliphatic carbocycles. The van der Waals surface area contributed by atoms with Crippen LogP contribution in [0.4, 0.5) is 0 Å². The number of fused-ring (bicyclic) bond motifs is 1. The molecule has 1 atom stereocenters. The third-order valence-corrected chi connectivity index (χ3v) is 5.37. The van der Waals surface area contributed by atoms with Gasteiger partial charge in [0.2, 0.25) is 0 Å². The second-order valence-electron chi connectivity index (χ2n) is 6.68. The lowest BCUT2D eigenvalue weighted by molar-refractivity contribution is 0.173. The number of aromatic hydroxyl groups is 1. The lowest BCUT2D eigenvalue weighted by Crippen LogP contribution is -2.33. The van der Waals surface area contributed by atoms with Crippen LogP contribution in [0.15, 0.2) is 12.1 Å². The molecule has 1 saturated carbocycles. The minimum absolute atomic E-state index is 0.340. The molecule has 1 aromatic carbocycles. The van der Waals surface area contributed by atoms with Gasteiger partial charge in [-0.1, -0.05) is 38.2 Å². The Bertz CT molecular complexity index is 494. The molecule has 0 radical (unpaired) electrons. The predicted molar refractivity (Wildman–Crippen MR) is 84.9 cm³/mol. The maximum atomic E-state index is 10.6. The van der Waals surface area contributed by atoms with Crippen LogP contribution in [0.25, 0.3) is 0 Å². The van der Waals surface area contributed by atoms with Gasteiger partial charge in [-0.2, -0.15) is 0 Å². The van der Waals surface area contributed by atoms with E-state index in [1.807, 2.05) is 6.07 Å². The Morgan fingerprint density at radius 2 is 2.00 bits per heavy atom. The van der Waals surface area contributed by atoms with Gasteiger partial charge >= 0.3 is 0 Å². The van der Waals surface area contributed by atoms with Gasteiger partial charge in [0.1, 0.15) is 0 Å². The van der Waals surface area contributed by atoms with Crippen molar-refractivity contribution in [1.29, 1.82) is 0 Å². The van der Waals surface area contributed by atoms with E-state index in [4.69, 9.17) is 4.74 Å². The Labute approximate surface area is 127 Å². The van der Waals surface area contributed by atoms with Crippen molar-refractivity contribution < 1.29 is 9.84 Å². The Hall–Kier alpha value is -1.22. The van der Waals surface area contributed by atoms with Gasteiger partial charge in [-0.25, -0.2) is 0 Å². The third-order valence-electron chi connectivity index (χ3n) is 5.37. The predicted octanol–water partition coefficient (Wildman–Crippen LogP) is 3.90. The van der Waals surface area contributed by atoms with Crippen LogP contribution < -0.4 is 4.74 Å². The highest BCUT2D eigenvalue weighted by Crippen LogP contribution is 2.44. The molecule has 3 nitrogen and oxygen atoms in total. The van der Waals surface area contributed by atoms with Gasteiger partial charge in [-0.15, -0.1) is 0 Å². The number of rotatable bonds is 3. The molecule has 3 rings (SSSR count). The molecule has 1 heterocycles. The molecule has 1 aliphatic heterocycles. The fourth-order valence-corrected chi connectivity index (χ4v) is 4.09. The Kier molecular flexibility index (Phi) is 4.39. The molecular weight excluding hydrogens is 262 g/mol. The summed E-state index contributed by atoms with van der Waals surface area (Å²) in [6.07, 6.45) is 9.03. The van der Waals surface area contributed by atoms with E-state index in [2.05, 4.69) is 18.0 Å². The van der Waals surface area contributed by atoms with Crippen molar-refractivity contribution in [1.82, 2.24) is 4.90 Å². The van der Waals surface area contributed by atoms with Crippen LogP contribution in [0.2, 0.25) is 0 Å². The van der Waals surface area contributed by atoms with E-state index in [1.54, 1.807) is 7.11 Å². The minimum atomic E-state index is 0.340. The molecule has 3 heteroatoms. The number of hydrogen-bond acceptors (Lipinski definition) is 3. The number of benzene rings is 1. The number of likely N-dealkylation sites (N-methyl/N-ethyl adjacent to an activating group) is 1. The first kappa shape index (κ1) is 14.7. The van der Waals surface area contributed by atoms with Crippen molar-refractivity contribution in [2.45, 2.75) is 51.0 Å². The van der Waals surface area contributed by atoms with Crippen molar-refractivity contribution in [3.8, 4) is 11.5 Å². The first-order valence-electron chi connectivity index (χ1n) is 8.29. The molecule has 0 spiro atoms. The van der Waals surface area contributed by atoms with Crippen LogP contribution in [-0.2, 0) is 6.42 Å². The molecule has 21 heavy (non-hydrogen) atoms. The molecule has 116 valence electrons. The minimum Gasteiger partial charge on any atom is -0.504 e. The zero-order chi connectivity index (χ0) is 14.8. The number of nitrogens with zero attached hydrogens (tertiary/aromatic N) is 1. The lowest BCUT2D eigenvalue weighted by atomic mass is 9.80. The zero-order valence-corrected chi connectivity index (χ0v) is 13.3. The maximum Gasteiger partial charge on any atom is 0.162 e. The van der Waals surface area contributed by atoms with Crippen molar-refractivity contribution >= 4 is 0 Å². The summed E-state index contributed by atoms with van der Waals surface area (Å²) < 4.78 is 5.32. The summed E-state index contributed by atoms with van der Waals surface area (Å²) in [4.78, 5) is 2.41. The summed E-state index contributed by atoms with van der Waals surface area (Å²) in [5.74, 6) is 1.78. The first-order valence-corrected chi connectivity index (χ1v) is 8.29. The van der Waals surface area contributed by atoms with Crippen LogP contribution in [0.5, 0.6) is 11.5 Å². The van der Waals surface area contributed by atoms with Crippen molar-refractivity contribution in [2.24, 2.45) is 5.92 Å². The molecule has 1 N–H and O–H groups in total. The number of methoxy groups -OCH3 is 1. The summed E-state index contributed by atoms with van der Waals surface area (Å²) in [7, 11) is 3.82. The number of ether oxygens (including phenoxy) is 1. The van der Waals surface area contributed by atoms with Crippen molar-refractivity contribution in [3.05, 3.63) is 23.3 Å². The number of phenols is 1. The van der Waals surface area contributed by atoms with E-state index >= 15 is 0 Å². The van der Waals surface area contributed by atoms with Crippen LogP contribution in [0, 0.1) is 5.92 Å². The van der Waals surface area contributed by atoms with Gasteiger partial charge in [0.25, 0.3) is 0 Å². The zero-order valence-electron chi connectivity index (χ0n) is 13.3. The number of hydrogen-bond donors (Lipinski definition) is 1. The quantitative estimate of drug-likeness (QED) is 0.916. The highest BCUT2D eigenvalue weighted by molar-refractivity contribution is 5.52. The standard InChI is InChI=1S/C18H27NO2/c1-19-11-10-14-8-9-16(21-2)18(20)17(14)15(19)12-13-6-4-3-5-7-13/h8-9,13,15,20H,3-7,10-12H2,1-2H3. The molecule has 0 amide bonds. The molecule has 0 bridgehead atoms. The van der Waals surface area contributed by atoms with E-state index in [-0.39, 0.29) is 0 Å². The Morgan fingerprint density at radius 1 is 1.24 bits per heavy atom. The highest BCUT2D eigenvalue weighted by Gasteiger charge is 2.31. The topological polar surface area (TPSA) is 32.7 Å². The maximum absolute atomic E-state index is 10.6. The molecule has 0 aromatic heterocycles. The van der Waals surface area contributed by atoms with E-state index in [0.29, 0.717) is 17.5 Å². The summed E-state index contributed by atoms with van der Waals surface area (Å²) >= 11 is 0. The Morgan fingerprint density at radius 3 is 2.71 bits per heavy atom. The Balaban J connectivity index is 1.89. The van der Waals surface area contributed by atoms with Crippen LogP contribution >= 0.6 is 0 Å². The third kappa shape index (κ3) is 2.89. The van der Waals surface area contributed by atoms with Gasteiger partial charge in [0.15, 0.2) is 11.5 Å². The monoisotopic (exact) mass is 289 g/mol. The van der Waals surface area contributed by atoms with Crippen LogP contribution in [0.3, 0.4) is 0 Å². The van der Waals surface area contributed by atoms with Gasteiger partial charge in [-0.05, 0) is 37.4 Å². The van der Waals surface area contributed by atoms with Crippen LogP contribution in [0.1, 0.15) is 55.7 Å². The largest absolute Gasteiger partial charge is 0.504 e. The fourth-order valence-electron chi connectivity index (χ4n) is 4.09. The van der Waals surface area contributed by atoms with E-state index in [1.165, 1.54) is 44.1 Å². The summed E-state index contributed by atoms with van der Waals surface area (Å²) in [5, 5.41) is 10.6. The van der Waals surface area contributed by atoms with Gasteiger partial charge in [0, 0.05) is 18.2 Å². The molecule has 1 unspecified atom stereocenters. The van der Waals surface area contributed by atoms with Gasteiger partial charge in [0.05, 0.1) is 7.11 Å². The molecular formula is C18H27NO2. The van der Waals surface area contributed by atoms with E-state index in [9.17, 15) is 5.11 Å². The molecule has 1 fully saturated rings. The summed E-state index contributed by atoms with van der Waals surface area (Å²) in [6.45, 7) is 1.08. The average molecular weight is 289 g/mol. The first-order chi connectivity index (χ1) is 10.2. The normalized spacial score (nSPS) is 23.8. The van der Waals surface area contributed by atoms with E-state index < -0.39 is 0 Å². The number of phenolic OH excluding ortho intramolecular Hbond substituents is 1. The summed E-state index contributed by atoms with van der Waals surface area (Å²) in [6, 6.07) is 4.37. The van der Waals surface area contributed by atoms with Gasteiger partial charge in [-0.3, -0.25) is 4.90 Å². The fraction of sp³-hybridized carbons (Fsp3) is 0.667. The van der Waals surface area contributed by atoms with Gasteiger partial charge < -0.3 is 9.84 Å².